The smallest absolute Gasteiger partial charge is 0.234 e. The predicted molar refractivity (Wildman–Crippen MR) is 130 cm³/mol. The highest BCUT2D eigenvalue weighted by molar-refractivity contribution is 7.15. The van der Waals surface area contributed by atoms with Gasteiger partial charge in [-0.25, -0.2) is 4.39 Å². The molecule has 1 unspecified atom stereocenters. The van der Waals surface area contributed by atoms with Crippen LogP contribution in [0.1, 0.15) is 23.4 Å². The minimum absolute atomic E-state index is 0. The van der Waals surface area contributed by atoms with Crippen molar-refractivity contribution < 1.29 is 9.13 Å². The summed E-state index contributed by atoms with van der Waals surface area (Å²) < 4.78 is 20.2. The van der Waals surface area contributed by atoms with E-state index in [9.17, 15) is 4.39 Å². The molecule has 1 atom stereocenters. The predicted octanol–water partition coefficient (Wildman–Crippen LogP) is 4.80. The normalized spacial score (nSPS) is 15.2. The molecule has 0 radical (unpaired) electrons. The average molecular weight is 476 g/mol. The van der Waals surface area contributed by atoms with Crippen molar-refractivity contribution in [2.45, 2.75) is 12.8 Å². The van der Waals surface area contributed by atoms with Gasteiger partial charge in [-0.2, -0.15) is 4.99 Å². The van der Waals surface area contributed by atoms with Gasteiger partial charge in [0.05, 0.1) is 13.2 Å². The van der Waals surface area contributed by atoms with Gasteiger partial charge in [0.25, 0.3) is 0 Å². The molecule has 1 saturated heterocycles. The Bertz CT molecular complexity index is 1050. The van der Waals surface area contributed by atoms with Gasteiger partial charge in [-0.3, -0.25) is 0 Å². The first kappa shape index (κ1) is 24.1. The van der Waals surface area contributed by atoms with Crippen LogP contribution in [0.2, 0.25) is 0 Å². The van der Waals surface area contributed by atoms with E-state index < -0.39 is 0 Å². The van der Waals surface area contributed by atoms with Crippen molar-refractivity contribution in [2.24, 2.45) is 4.99 Å². The van der Waals surface area contributed by atoms with Crippen molar-refractivity contribution >= 4 is 34.8 Å². The lowest BCUT2D eigenvalue weighted by Gasteiger charge is -2.32. The first-order chi connectivity index (χ1) is 15.0. The van der Waals surface area contributed by atoms with Gasteiger partial charge in [0.15, 0.2) is 0 Å². The number of aliphatic imine (C=N–C) groups is 1. The van der Waals surface area contributed by atoms with Crippen molar-refractivity contribution in [2.75, 3.05) is 40.4 Å². The Labute approximate surface area is 198 Å². The van der Waals surface area contributed by atoms with Gasteiger partial charge < -0.3 is 14.5 Å². The first-order valence-electron chi connectivity index (χ1n) is 10.3. The van der Waals surface area contributed by atoms with E-state index in [1.807, 2.05) is 68.4 Å². The van der Waals surface area contributed by atoms with E-state index >= 15 is 0 Å². The number of guanidine groups is 1. The van der Waals surface area contributed by atoms with Gasteiger partial charge in [0.1, 0.15) is 10.8 Å². The summed E-state index contributed by atoms with van der Waals surface area (Å²) in [7, 11) is 3.94. The molecule has 1 aliphatic heterocycles. The Hall–Kier alpha value is -2.55. The molecule has 32 heavy (non-hydrogen) atoms. The van der Waals surface area contributed by atoms with E-state index in [-0.39, 0.29) is 24.1 Å². The van der Waals surface area contributed by atoms with Crippen molar-refractivity contribution in [1.29, 1.82) is 0 Å². The molecule has 0 aliphatic carbocycles. The summed E-state index contributed by atoms with van der Waals surface area (Å²) in [4.78, 5) is 8.90. The summed E-state index contributed by atoms with van der Waals surface area (Å²) in [5, 5.41) is 10.0. The van der Waals surface area contributed by atoms with Crippen LogP contribution in [0.25, 0.3) is 11.1 Å². The summed E-state index contributed by atoms with van der Waals surface area (Å²) in [6, 6.07) is 14.9. The third-order valence-electron chi connectivity index (χ3n) is 5.27. The van der Waals surface area contributed by atoms with Gasteiger partial charge in [0.2, 0.25) is 11.1 Å². The summed E-state index contributed by atoms with van der Waals surface area (Å²) in [5.41, 5.74) is 2.33. The number of halogens is 2. The second kappa shape index (κ2) is 10.8. The van der Waals surface area contributed by atoms with Crippen LogP contribution in [0.15, 0.2) is 53.5 Å². The highest BCUT2D eigenvalue weighted by atomic mass is 35.5. The van der Waals surface area contributed by atoms with Crippen molar-refractivity contribution in [3.8, 4) is 11.1 Å². The number of aromatic nitrogens is 2. The zero-order chi connectivity index (χ0) is 21.8. The fraction of sp³-hybridized carbons (Fsp3) is 0.348. The lowest BCUT2D eigenvalue weighted by molar-refractivity contribution is 0.0638. The summed E-state index contributed by atoms with van der Waals surface area (Å²) >= 11 is 1.44. The molecule has 9 heteroatoms. The fourth-order valence-electron chi connectivity index (χ4n) is 3.54. The minimum atomic E-state index is -0.236. The van der Waals surface area contributed by atoms with E-state index in [1.54, 1.807) is 6.07 Å². The topological polar surface area (TPSA) is 53.9 Å². The highest BCUT2D eigenvalue weighted by Gasteiger charge is 2.20. The molecule has 2 heterocycles. The van der Waals surface area contributed by atoms with Gasteiger partial charge >= 0.3 is 0 Å². The summed E-state index contributed by atoms with van der Waals surface area (Å²) in [5.74, 6) is 0.532. The zero-order valence-electron chi connectivity index (χ0n) is 18.4. The minimum Gasteiger partial charge on any atom is -0.378 e. The Kier molecular flexibility index (Phi) is 8.17. The molecular formula is C23H27ClFN5OS. The van der Waals surface area contributed by atoms with Gasteiger partial charge in [0, 0.05) is 38.7 Å². The van der Waals surface area contributed by atoms with Crippen LogP contribution in [0, 0.1) is 5.82 Å². The van der Waals surface area contributed by atoms with Crippen LogP contribution in [-0.4, -0.2) is 66.4 Å². The Morgan fingerprint density at radius 3 is 2.50 bits per heavy atom. The van der Waals surface area contributed by atoms with E-state index in [4.69, 9.17) is 9.73 Å². The number of morpholine rings is 1. The van der Waals surface area contributed by atoms with Crippen molar-refractivity contribution in [1.82, 2.24) is 20.0 Å². The molecule has 0 spiro atoms. The Morgan fingerprint density at radius 1 is 1.12 bits per heavy atom. The number of ether oxygens (including phenoxy) is 1. The SMILES string of the molecule is CC(c1ccc(-c2ccccc2)c(F)c1)c1nnc(N=C(N(C)C)N2CCOCC2)s1.Cl. The third kappa shape index (κ3) is 5.43. The molecule has 0 bridgehead atoms. The molecule has 4 rings (SSSR count). The molecule has 1 fully saturated rings. The highest BCUT2D eigenvalue weighted by Crippen LogP contribution is 2.32. The second-order valence-electron chi connectivity index (χ2n) is 7.66. The quantitative estimate of drug-likeness (QED) is 0.401. The molecule has 1 aromatic heterocycles. The Balaban J connectivity index is 0.00000289. The van der Waals surface area contributed by atoms with Gasteiger partial charge in [-0.1, -0.05) is 60.7 Å². The maximum Gasteiger partial charge on any atom is 0.234 e. The lowest BCUT2D eigenvalue weighted by atomic mass is 9.97. The van der Waals surface area contributed by atoms with E-state index in [0.29, 0.717) is 23.9 Å². The number of nitrogens with zero attached hydrogens (tertiary/aromatic N) is 5. The van der Waals surface area contributed by atoms with Crippen LogP contribution < -0.4 is 0 Å². The van der Waals surface area contributed by atoms with E-state index in [1.165, 1.54) is 11.3 Å². The van der Waals surface area contributed by atoms with Gasteiger partial charge in [-0.05, 0) is 17.2 Å². The standard InChI is InChI=1S/C23H26FN5OS.ClH/c1-16(18-9-10-19(20(24)15-18)17-7-5-4-6-8-17)21-26-27-22(31-21)25-23(28(2)3)29-11-13-30-14-12-29;/h4-10,15-16H,11-14H2,1-3H3;1H. The molecule has 2 aromatic carbocycles. The number of benzene rings is 2. The molecule has 0 saturated carbocycles. The van der Waals surface area contributed by atoms with Crippen LogP contribution >= 0.6 is 23.7 Å². The van der Waals surface area contributed by atoms with Crippen LogP contribution in [0.5, 0.6) is 0 Å². The second-order valence-corrected chi connectivity index (χ2v) is 8.64. The van der Waals surface area contributed by atoms with Crippen LogP contribution in [-0.2, 0) is 4.74 Å². The lowest BCUT2D eigenvalue weighted by Crippen LogP contribution is -2.46. The number of hydrogen-bond acceptors (Lipinski definition) is 5. The summed E-state index contributed by atoms with van der Waals surface area (Å²) in [6.45, 7) is 4.99. The molecule has 0 amide bonds. The number of hydrogen-bond donors (Lipinski definition) is 0. The third-order valence-corrected chi connectivity index (χ3v) is 6.27. The van der Waals surface area contributed by atoms with Crippen LogP contribution in [0.4, 0.5) is 9.52 Å². The molecule has 170 valence electrons. The maximum atomic E-state index is 14.8. The molecular weight excluding hydrogens is 449 g/mol. The largest absolute Gasteiger partial charge is 0.378 e. The molecule has 1 aliphatic rings. The number of rotatable bonds is 4. The van der Waals surface area contributed by atoms with Gasteiger partial charge in [-0.15, -0.1) is 22.6 Å². The van der Waals surface area contributed by atoms with Crippen molar-refractivity contribution in [3.63, 3.8) is 0 Å². The molecule has 6 nitrogen and oxygen atoms in total. The van der Waals surface area contributed by atoms with Crippen LogP contribution in [0.3, 0.4) is 0 Å². The monoisotopic (exact) mass is 475 g/mol. The zero-order valence-corrected chi connectivity index (χ0v) is 20.0. The maximum absolute atomic E-state index is 14.8. The summed E-state index contributed by atoms with van der Waals surface area (Å²) in [6.07, 6.45) is 0. The average Bonchev–Trinajstić information content (AvgIpc) is 3.26. The van der Waals surface area contributed by atoms with E-state index in [0.717, 1.165) is 35.2 Å². The Morgan fingerprint density at radius 2 is 1.84 bits per heavy atom. The van der Waals surface area contributed by atoms with E-state index in [2.05, 4.69) is 15.1 Å². The first-order valence-corrected chi connectivity index (χ1v) is 11.1. The molecule has 0 N–H and O–H groups in total. The molecule has 3 aromatic rings. The van der Waals surface area contributed by atoms with Crippen molar-refractivity contribution in [3.05, 3.63) is 64.9 Å². The fourth-order valence-corrected chi connectivity index (χ4v) is 4.33.